The van der Waals surface area contributed by atoms with Crippen LogP contribution >= 0.6 is 0 Å². The maximum atomic E-state index is 13.2. The van der Waals surface area contributed by atoms with Gasteiger partial charge in [0, 0.05) is 24.0 Å². The van der Waals surface area contributed by atoms with Crippen LogP contribution in [-0.4, -0.2) is 24.0 Å². The molecule has 2 aromatic heterocycles. The SMILES string of the molecule is Nc1ccc(Cn2c(=O)n(-c3cc([N+](=O)[O-])cc([N+](=O)[O-])c3)c3ncccc32)cc1. The van der Waals surface area contributed by atoms with Crippen molar-refractivity contribution in [2.75, 3.05) is 5.73 Å². The molecule has 0 radical (unpaired) electrons. The normalized spacial score (nSPS) is 10.9. The number of nitrogens with zero attached hydrogens (tertiary/aromatic N) is 5. The van der Waals surface area contributed by atoms with E-state index in [1.165, 1.54) is 10.8 Å². The first kappa shape index (κ1) is 18.8. The largest absolute Gasteiger partial charge is 0.399 e. The minimum Gasteiger partial charge on any atom is -0.399 e. The summed E-state index contributed by atoms with van der Waals surface area (Å²) in [4.78, 5) is 38.5. The molecule has 0 atom stereocenters. The minimum absolute atomic E-state index is 0.0133. The van der Waals surface area contributed by atoms with E-state index >= 15 is 0 Å². The van der Waals surface area contributed by atoms with Gasteiger partial charge in [-0.15, -0.1) is 0 Å². The van der Waals surface area contributed by atoms with Crippen LogP contribution in [0, 0.1) is 20.2 Å². The van der Waals surface area contributed by atoms with Crippen molar-refractivity contribution in [2.45, 2.75) is 6.54 Å². The van der Waals surface area contributed by atoms with Gasteiger partial charge in [-0.05, 0) is 29.8 Å². The van der Waals surface area contributed by atoms with E-state index in [0.717, 1.165) is 28.3 Å². The molecule has 2 N–H and O–H groups in total. The molecule has 11 nitrogen and oxygen atoms in total. The average Bonchev–Trinajstić information content (AvgIpc) is 3.00. The predicted molar refractivity (Wildman–Crippen MR) is 109 cm³/mol. The zero-order chi connectivity index (χ0) is 21.4. The fourth-order valence-corrected chi connectivity index (χ4v) is 3.20. The highest BCUT2D eigenvalue weighted by atomic mass is 16.6. The van der Waals surface area contributed by atoms with Crippen molar-refractivity contribution >= 4 is 28.2 Å². The first-order valence-corrected chi connectivity index (χ1v) is 8.70. The van der Waals surface area contributed by atoms with Crippen LogP contribution in [-0.2, 0) is 6.54 Å². The molecule has 0 saturated heterocycles. The molecule has 4 aromatic rings. The fourth-order valence-electron chi connectivity index (χ4n) is 3.20. The number of rotatable bonds is 5. The lowest BCUT2D eigenvalue weighted by Crippen LogP contribution is -2.24. The Hall–Kier alpha value is -4.54. The van der Waals surface area contributed by atoms with Crippen LogP contribution in [0.1, 0.15) is 5.56 Å². The van der Waals surface area contributed by atoms with E-state index in [0.29, 0.717) is 11.2 Å². The van der Waals surface area contributed by atoms with Crippen molar-refractivity contribution < 1.29 is 9.85 Å². The summed E-state index contributed by atoms with van der Waals surface area (Å²) in [7, 11) is 0. The third-order valence-electron chi connectivity index (χ3n) is 4.58. The smallest absolute Gasteiger partial charge is 0.335 e. The Morgan fingerprint density at radius 2 is 1.60 bits per heavy atom. The molecule has 2 aromatic carbocycles. The van der Waals surface area contributed by atoms with E-state index in [2.05, 4.69) is 4.98 Å². The molecule has 0 bridgehead atoms. The maximum absolute atomic E-state index is 13.2. The topological polar surface area (TPSA) is 152 Å². The zero-order valence-corrected chi connectivity index (χ0v) is 15.3. The lowest BCUT2D eigenvalue weighted by atomic mass is 10.2. The zero-order valence-electron chi connectivity index (χ0n) is 15.3. The van der Waals surface area contributed by atoms with Gasteiger partial charge in [-0.1, -0.05) is 12.1 Å². The van der Waals surface area contributed by atoms with Gasteiger partial charge < -0.3 is 5.73 Å². The summed E-state index contributed by atoms with van der Waals surface area (Å²) >= 11 is 0. The Labute approximate surface area is 167 Å². The third kappa shape index (κ3) is 3.24. The lowest BCUT2D eigenvalue weighted by molar-refractivity contribution is -0.394. The highest BCUT2D eigenvalue weighted by Gasteiger charge is 2.22. The molecule has 0 saturated carbocycles. The molecule has 0 aliphatic rings. The number of nitrogens with two attached hydrogens (primary N) is 1. The molecule has 0 unspecified atom stereocenters. The van der Waals surface area contributed by atoms with Gasteiger partial charge >= 0.3 is 5.69 Å². The average molecular weight is 406 g/mol. The van der Waals surface area contributed by atoms with Crippen molar-refractivity contribution in [3.05, 3.63) is 97.1 Å². The fraction of sp³-hybridized carbons (Fsp3) is 0.0526. The maximum Gasteiger partial charge on any atom is 0.335 e. The van der Waals surface area contributed by atoms with E-state index < -0.39 is 26.9 Å². The molecule has 11 heteroatoms. The summed E-state index contributed by atoms with van der Waals surface area (Å²) < 4.78 is 2.57. The summed E-state index contributed by atoms with van der Waals surface area (Å²) in [5, 5.41) is 22.5. The second-order valence-corrected chi connectivity index (χ2v) is 6.51. The molecule has 0 spiro atoms. The van der Waals surface area contributed by atoms with Gasteiger partial charge in [0.25, 0.3) is 11.4 Å². The monoisotopic (exact) mass is 406 g/mol. The van der Waals surface area contributed by atoms with Gasteiger partial charge in [-0.3, -0.25) is 24.8 Å². The van der Waals surface area contributed by atoms with Gasteiger partial charge in [0.1, 0.15) is 0 Å². The summed E-state index contributed by atoms with van der Waals surface area (Å²) in [5.41, 5.74) is 6.26. The Morgan fingerprint density at radius 1 is 0.967 bits per heavy atom. The Kier molecular flexibility index (Phi) is 4.47. The van der Waals surface area contributed by atoms with Gasteiger partial charge in [-0.2, -0.15) is 0 Å². The first-order valence-electron chi connectivity index (χ1n) is 8.70. The van der Waals surface area contributed by atoms with Gasteiger partial charge in [-0.25, -0.2) is 14.3 Å². The molecule has 30 heavy (non-hydrogen) atoms. The number of nitrogen functional groups attached to an aromatic ring is 1. The molecular weight excluding hydrogens is 392 g/mol. The molecule has 0 aliphatic heterocycles. The van der Waals surface area contributed by atoms with Crippen molar-refractivity contribution in [3.8, 4) is 5.69 Å². The number of pyridine rings is 1. The third-order valence-corrected chi connectivity index (χ3v) is 4.58. The summed E-state index contributed by atoms with van der Waals surface area (Å²) in [5.74, 6) is 0. The van der Waals surface area contributed by atoms with Gasteiger partial charge in [0.05, 0.1) is 33.7 Å². The van der Waals surface area contributed by atoms with Crippen LogP contribution < -0.4 is 11.4 Å². The van der Waals surface area contributed by atoms with E-state index in [9.17, 15) is 25.0 Å². The summed E-state index contributed by atoms with van der Waals surface area (Å²) in [6.45, 7) is 0.200. The molecule has 2 heterocycles. The van der Waals surface area contributed by atoms with Crippen LogP contribution in [0.3, 0.4) is 0 Å². The second-order valence-electron chi connectivity index (χ2n) is 6.51. The number of nitro groups is 2. The van der Waals surface area contributed by atoms with Crippen molar-refractivity contribution in [1.29, 1.82) is 0 Å². The van der Waals surface area contributed by atoms with Crippen LogP contribution in [0.2, 0.25) is 0 Å². The van der Waals surface area contributed by atoms with Crippen molar-refractivity contribution in [2.24, 2.45) is 0 Å². The Balaban J connectivity index is 1.96. The quantitative estimate of drug-likeness (QED) is 0.304. The highest BCUT2D eigenvalue weighted by Crippen LogP contribution is 2.26. The Bertz CT molecular complexity index is 1320. The molecule has 0 amide bonds. The van der Waals surface area contributed by atoms with Gasteiger partial charge in [0.2, 0.25) is 0 Å². The Morgan fingerprint density at radius 3 is 2.20 bits per heavy atom. The molecular formula is C19H14N6O5. The molecule has 150 valence electrons. The van der Waals surface area contributed by atoms with Crippen LogP contribution in [0.4, 0.5) is 17.1 Å². The second kappa shape index (κ2) is 7.13. The standard InChI is InChI=1S/C19H14N6O5/c20-13-5-3-12(4-6-13)11-22-17-2-1-7-21-18(17)23(19(22)26)14-8-15(24(27)28)10-16(9-14)25(29)30/h1-10H,11,20H2. The van der Waals surface area contributed by atoms with Crippen LogP contribution in [0.15, 0.2) is 65.6 Å². The van der Waals surface area contributed by atoms with Crippen LogP contribution in [0.25, 0.3) is 16.9 Å². The number of hydrogen-bond acceptors (Lipinski definition) is 7. The number of fused-ring (bicyclic) bond motifs is 1. The first-order chi connectivity index (χ1) is 14.3. The number of non-ortho nitro benzene ring substituents is 2. The van der Waals surface area contributed by atoms with E-state index in [4.69, 9.17) is 5.73 Å². The van der Waals surface area contributed by atoms with E-state index in [-0.39, 0.29) is 17.9 Å². The number of imidazole rings is 1. The van der Waals surface area contributed by atoms with Gasteiger partial charge in [0.15, 0.2) is 5.65 Å². The predicted octanol–water partition coefficient (Wildman–Crippen LogP) is 2.63. The molecule has 4 rings (SSSR count). The number of anilines is 1. The number of hydrogen-bond donors (Lipinski definition) is 1. The lowest BCUT2D eigenvalue weighted by Gasteiger charge is -2.04. The molecule has 0 aliphatic carbocycles. The molecule has 0 fully saturated rings. The van der Waals surface area contributed by atoms with E-state index in [1.54, 1.807) is 36.4 Å². The number of aromatic nitrogens is 3. The summed E-state index contributed by atoms with van der Waals surface area (Å²) in [6.07, 6.45) is 1.47. The minimum atomic E-state index is -0.747. The van der Waals surface area contributed by atoms with Crippen molar-refractivity contribution in [1.82, 2.24) is 14.1 Å². The number of nitro benzene ring substituents is 2. The van der Waals surface area contributed by atoms with Crippen LogP contribution in [0.5, 0.6) is 0 Å². The number of benzene rings is 2. The van der Waals surface area contributed by atoms with E-state index in [1.807, 2.05) is 0 Å². The summed E-state index contributed by atoms with van der Waals surface area (Å²) in [6, 6.07) is 13.4. The van der Waals surface area contributed by atoms with Crippen molar-refractivity contribution in [3.63, 3.8) is 0 Å². The highest BCUT2D eigenvalue weighted by molar-refractivity contribution is 5.74.